The monoisotopic (exact) mass is 179 g/mol. The molecule has 0 N–H and O–H groups in total. The molecule has 0 aromatic heterocycles. The first-order valence-corrected chi connectivity index (χ1v) is 0. The van der Waals surface area contributed by atoms with Crippen LogP contribution in [0.1, 0.15) is 0 Å². The zero-order valence-corrected chi connectivity index (χ0v) is 6.74. The Balaban J connectivity index is 0. The van der Waals surface area contributed by atoms with Crippen molar-refractivity contribution in [1.29, 1.82) is 0 Å². The van der Waals surface area contributed by atoms with E-state index in [1.165, 1.54) is 0 Å². The van der Waals surface area contributed by atoms with E-state index in [2.05, 4.69) is 0 Å². The fraction of sp³-hybridized carbons (Fsp3) is 0. The first kappa shape index (κ1) is 63.5. The van der Waals surface area contributed by atoms with E-state index in [-0.39, 0.29) is 72.5 Å². The Kier molecular flexibility index (Phi) is 480. The van der Waals surface area contributed by atoms with Gasteiger partial charge < -0.3 is 54.0 Å². The Labute approximate surface area is 72.1 Å². The Morgan fingerprint density at radius 2 is 0.400 bits per heavy atom. The molecule has 0 spiro atoms. The molecule has 0 aliphatic carbocycles. The molecule has 0 nitrogen and oxygen atoms in total. The Morgan fingerprint density at radius 1 is 0.400 bits per heavy atom. The van der Waals surface area contributed by atoms with E-state index < -0.39 is 0 Å². The molecule has 0 aromatic rings. The van der Waals surface area contributed by atoms with Crippen LogP contribution in [0.15, 0.2) is 0 Å². The number of hydrogen-bond donors (Lipinski definition) is 0. The smallest absolute Gasteiger partial charge is 0 e. The molecule has 0 bridgehead atoms. The van der Waals surface area contributed by atoms with Gasteiger partial charge in [-0.2, -0.15) is 0 Å². The minimum absolute atomic E-state index is 0. The molecule has 0 aliphatic rings. The summed E-state index contributed by atoms with van der Waals surface area (Å²) in [5, 5.41) is 0. The largest absolute Gasteiger partial charge is 2.00 e. The molecule has 0 atom stereocenters. The molecule has 0 fully saturated rings. The predicted octanol–water partition coefficient (Wildman–Crippen LogP) is -0.0121. The molecule has 5 heteroatoms. The second-order valence-corrected chi connectivity index (χ2v) is 0. The number of rotatable bonds is 0. The molecule has 0 saturated heterocycles. The van der Waals surface area contributed by atoms with Crippen LogP contribution < -0.4 is 0 Å². The van der Waals surface area contributed by atoms with Gasteiger partial charge in [-0.25, -0.2) is 0 Å². The third kappa shape index (κ3) is 24.1. The van der Waals surface area contributed by atoms with Crippen molar-refractivity contribution in [1.82, 2.24) is 0 Å². The fourth-order valence-corrected chi connectivity index (χ4v) is 0. The van der Waals surface area contributed by atoms with Gasteiger partial charge in [0.15, 0.2) is 0 Å². The van der Waals surface area contributed by atoms with Crippen molar-refractivity contribution in [3.63, 3.8) is 0 Å². The van der Waals surface area contributed by atoms with Gasteiger partial charge in [-0.3, -0.25) is 0 Å². The van der Waals surface area contributed by atoms with E-state index in [4.69, 9.17) is 0 Å². The van der Waals surface area contributed by atoms with E-state index in [9.17, 15) is 0 Å². The average molecular weight is 179 g/mol. The Bertz CT molecular complexity index is 3.61. The van der Waals surface area contributed by atoms with Crippen LogP contribution in [0.3, 0.4) is 0 Å². The van der Waals surface area contributed by atoms with E-state index in [0.29, 0.717) is 0 Å². The normalized spacial score (nSPS) is 0. The van der Waals surface area contributed by atoms with Crippen molar-refractivity contribution in [3.8, 4) is 0 Å². The van der Waals surface area contributed by atoms with E-state index in [1.54, 1.807) is 0 Å². The first-order chi connectivity index (χ1) is 0. The maximum atomic E-state index is 0. The van der Waals surface area contributed by atoms with Gasteiger partial charge in [-0.1, -0.05) is 0 Å². The predicted molar refractivity (Wildman–Crippen MR) is 29.5 cm³/mol. The standard InChI is InChI=1S/4S.V/q4*-2;. The topological polar surface area (TPSA) is 0 Å². The first-order valence-electron chi connectivity index (χ1n) is 0. The zero-order chi connectivity index (χ0) is 0. The van der Waals surface area contributed by atoms with Crippen LogP contribution >= 0.6 is 0 Å². The third-order valence-corrected chi connectivity index (χ3v) is 0. The van der Waals surface area contributed by atoms with E-state index in [0.717, 1.165) is 0 Å². The summed E-state index contributed by atoms with van der Waals surface area (Å²) < 4.78 is 0. The maximum Gasteiger partial charge on any atom is 0 e. The van der Waals surface area contributed by atoms with Gasteiger partial charge in [-0.05, 0) is 0 Å². The molecule has 0 rings (SSSR count). The van der Waals surface area contributed by atoms with Crippen LogP contribution in [-0.4, -0.2) is 0 Å². The second-order valence-electron chi connectivity index (χ2n) is 0. The van der Waals surface area contributed by atoms with Crippen molar-refractivity contribution in [3.05, 3.63) is 0 Å². The zero-order valence-electron chi connectivity index (χ0n) is 2.08. The van der Waals surface area contributed by atoms with E-state index in [1.807, 2.05) is 0 Å². The summed E-state index contributed by atoms with van der Waals surface area (Å²) in [5.74, 6) is 0. The van der Waals surface area contributed by atoms with Crippen molar-refractivity contribution >= 4 is 54.0 Å². The molecule has 0 aromatic carbocycles. The molecule has 0 heterocycles. The van der Waals surface area contributed by atoms with Gasteiger partial charge >= 0.3 is 0 Å². The van der Waals surface area contributed by atoms with Crippen LogP contribution in [0.4, 0.5) is 0 Å². The molecular formula is S4V-8. The summed E-state index contributed by atoms with van der Waals surface area (Å²) >= 11 is 0. The second kappa shape index (κ2) is 37.8. The molecule has 5 heavy (non-hydrogen) atoms. The van der Waals surface area contributed by atoms with Gasteiger partial charge in [0, 0.05) is 18.6 Å². The molecule has 0 amide bonds. The van der Waals surface area contributed by atoms with Crippen LogP contribution in [0.2, 0.25) is 0 Å². The molecule has 0 aliphatic heterocycles. The van der Waals surface area contributed by atoms with Crippen LogP contribution in [0.5, 0.6) is 0 Å². The van der Waals surface area contributed by atoms with Gasteiger partial charge in [0.25, 0.3) is 0 Å². The number of hydrogen-bond acceptors (Lipinski definition) is 0. The van der Waals surface area contributed by atoms with Crippen molar-refractivity contribution in [2.75, 3.05) is 0 Å². The Hall–Kier alpha value is 1.98. The molecule has 37 valence electrons. The summed E-state index contributed by atoms with van der Waals surface area (Å²) in [6, 6.07) is 0. The SMILES string of the molecule is [S-2].[S-2].[S-2].[S-2].[V]. The van der Waals surface area contributed by atoms with Crippen LogP contribution in [0, 0.1) is 0 Å². The maximum absolute atomic E-state index is 0. The summed E-state index contributed by atoms with van der Waals surface area (Å²) in [6.07, 6.45) is 0. The van der Waals surface area contributed by atoms with E-state index >= 15 is 0 Å². The van der Waals surface area contributed by atoms with Gasteiger partial charge in [0.1, 0.15) is 0 Å². The van der Waals surface area contributed by atoms with Crippen molar-refractivity contribution < 1.29 is 18.6 Å². The minimum atomic E-state index is 0. The van der Waals surface area contributed by atoms with Crippen molar-refractivity contribution in [2.45, 2.75) is 0 Å². The fourth-order valence-electron chi connectivity index (χ4n) is 0. The summed E-state index contributed by atoms with van der Waals surface area (Å²) in [4.78, 5) is 0. The van der Waals surface area contributed by atoms with Crippen LogP contribution in [0.25, 0.3) is 0 Å². The summed E-state index contributed by atoms with van der Waals surface area (Å²) in [5.41, 5.74) is 0. The Morgan fingerprint density at radius 3 is 0.400 bits per heavy atom. The van der Waals surface area contributed by atoms with Gasteiger partial charge in [-0.15, -0.1) is 0 Å². The molecule has 0 unspecified atom stereocenters. The van der Waals surface area contributed by atoms with Gasteiger partial charge in [0.2, 0.25) is 0 Å². The molecule has 1 radical (unpaired) electrons. The average Bonchev–Trinajstić information content (AvgIpc) is 0. The molecule has 0 saturated carbocycles. The quantitative estimate of drug-likeness (QED) is 0.490. The summed E-state index contributed by atoms with van der Waals surface area (Å²) in [6.45, 7) is 0. The summed E-state index contributed by atoms with van der Waals surface area (Å²) in [7, 11) is 0. The third-order valence-electron chi connectivity index (χ3n) is 0. The van der Waals surface area contributed by atoms with Crippen molar-refractivity contribution in [2.24, 2.45) is 0 Å². The van der Waals surface area contributed by atoms with Gasteiger partial charge in [0.05, 0.1) is 0 Å². The molecular weight excluding hydrogens is 179 g/mol. The minimum Gasteiger partial charge on any atom is -2.00 e. The van der Waals surface area contributed by atoms with Crippen LogP contribution in [-0.2, 0) is 72.5 Å².